The van der Waals surface area contributed by atoms with Crippen LogP contribution in [0.5, 0.6) is 0 Å². The first-order valence-electron chi connectivity index (χ1n) is 11.0. The van der Waals surface area contributed by atoms with E-state index in [1.165, 1.54) is 22.9 Å². The average molecular weight is 525 g/mol. The number of nitrogens with one attached hydrogen (secondary N) is 1. The van der Waals surface area contributed by atoms with Gasteiger partial charge < -0.3 is 9.84 Å². The van der Waals surface area contributed by atoms with Gasteiger partial charge in [-0.05, 0) is 59.6 Å². The lowest BCUT2D eigenvalue weighted by atomic mass is 9.93. The fourth-order valence-corrected chi connectivity index (χ4v) is 5.80. The summed E-state index contributed by atoms with van der Waals surface area (Å²) in [5.74, 6) is -0.754. The molecule has 5 rings (SSSR count). The maximum absolute atomic E-state index is 12.5. The third-order valence-corrected chi connectivity index (χ3v) is 8.14. The van der Waals surface area contributed by atoms with E-state index < -0.39 is 23.6 Å². The quantitative estimate of drug-likeness (QED) is 0.259. The molecule has 4 aromatic rings. The molecule has 1 aliphatic carbocycles. The number of carbonyl (C=O) groups excluding carboxylic acids is 1. The van der Waals surface area contributed by atoms with Gasteiger partial charge in [-0.3, -0.25) is 10.1 Å². The molecule has 2 N–H and O–H groups in total. The molecule has 2 aromatic carbocycles. The number of ether oxygens (including phenoxy) is 1. The Morgan fingerprint density at radius 1 is 1.09 bits per heavy atom. The highest BCUT2D eigenvalue weighted by molar-refractivity contribution is 7.20. The normalized spacial score (nSPS) is 14.8. The molecule has 2 heterocycles. The van der Waals surface area contributed by atoms with E-state index in [1.807, 2.05) is 53.9 Å². The van der Waals surface area contributed by atoms with Crippen molar-refractivity contribution in [3.63, 3.8) is 0 Å². The summed E-state index contributed by atoms with van der Waals surface area (Å²) in [6.45, 7) is 1.79. The third kappa shape index (κ3) is 4.82. The summed E-state index contributed by atoms with van der Waals surface area (Å²) in [6, 6.07) is 17.4. The molecule has 1 atom stereocenters. The summed E-state index contributed by atoms with van der Waals surface area (Å²) in [5, 5.41) is 14.2. The smallest absolute Gasteiger partial charge is 0.412 e. The highest BCUT2D eigenvalue weighted by Gasteiger charge is 2.51. The molecule has 9 heteroatoms. The second-order valence-corrected chi connectivity index (χ2v) is 10.8. The van der Waals surface area contributed by atoms with Crippen LogP contribution in [-0.2, 0) is 14.9 Å². The van der Waals surface area contributed by atoms with Crippen LogP contribution in [-0.4, -0.2) is 21.5 Å². The average Bonchev–Trinajstić information content (AvgIpc) is 3.32. The molecule has 0 bridgehead atoms. The molecule has 0 saturated heterocycles. The molecule has 1 fully saturated rings. The number of nitrogens with zero attached hydrogens (tertiary/aromatic N) is 1. The van der Waals surface area contributed by atoms with Gasteiger partial charge in [-0.1, -0.05) is 60.1 Å². The Bertz CT molecular complexity index is 1360. The molecular formula is C26H21ClN2O4S2. The summed E-state index contributed by atoms with van der Waals surface area (Å²) >= 11 is 8.95. The minimum absolute atomic E-state index is 0.415. The predicted molar refractivity (Wildman–Crippen MR) is 139 cm³/mol. The number of hydrogen-bond acceptors (Lipinski definition) is 6. The lowest BCUT2D eigenvalue weighted by Crippen LogP contribution is -2.19. The first kappa shape index (κ1) is 23.5. The van der Waals surface area contributed by atoms with Gasteiger partial charge >= 0.3 is 12.1 Å². The van der Waals surface area contributed by atoms with E-state index in [2.05, 4.69) is 9.69 Å². The largest absolute Gasteiger partial charge is 0.481 e. The lowest BCUT2D eigenvalue weighted by molar-refractivity contribution is -0.140. The summed E-state index contributed by atoms with van der Waals surface area (Å²) < 4.78 is 10.1. The van der Waals surface area contributed by atoms with Crippen molar-refractivity contribution >= 4 is 52.2 Å². The summed E-state index contributed by atoms with van der Waals surface area (Å²) in [4.78, 5) is 24.9. The second-order valence-electron chi connectivity index (χ2n) is 8.47. The Labute approximate surface area is 215 Å². The van der Waals surface area contributed by atoms with Crippen LogP contribution in [0.4, 0.5) is 10.5 Å². The van der Waals surface area contributed by atoms with Crippen LogP contribution in [0.2, 0.25) is 4.34 Å². The van der Waals surface area contributed by atoms with Crippen molar-refractivity contribution in [1.29, 1.82) is 0 Å². The van der Waals surface area contributed by atoms with Crippen LogP contribution in [0.3, 0.4) is 0 Å². The number of hydrogen-bond donors (Lipinski definition) is 2. The number of benzene rings is 2. The van der Waals surface area contributed by atoms with Crippen molar-refractivity contribution in [3.05, 3.63) is 81.6 Å². The van der Waals surface area contributed by atoms with Gasteiger partial charge in [0.05, 0.1) is 20.3 Å². The molecule has 178 valence electrons. The number of carbonyl (C=O) groups is 2. The maximum Gasteiger partial charge on any atom is 0.412 e. The summed E-state index contributed by atoms with van der Waals surface area (Å²) in [5.41, 5.74) is 4.50. The second kappa shape index (κ2) is 9.45. The van der Waals surface area contributed by atoms with Crippen molar-refractivity contribution in [3.8, 4) is 21.6 Å². The monoisotopic (exact) mass is 524 g/mol. The molecule has 1 saturated carbocycles. The zero-order valence-corrected chi connectivity index (χ0v) is 21.0. The van der Waals surface area contributed by atoms with Gasteiger partial charge in [0, 0.05) is 17.1 Å². The molecule has 0 aliphatic heterocycles. The number of aliphatic carboxylic acids is 1. The van der Waals surface area contributed by atoms with Crippen molar-refractivity contribution in [2.24, 2.45) is 0 Å². The minimum atomic E-state index is -0.754. The molecule has 6 nitrogen and oxygen atoms in total. The topological polar surface area (TPSA) is 88.5 Å². The number of halogens is 1. The van der Waals surface area contributed by atoms with E-state index in [0.717, 1.165) is 32.7 Å². The van der Waals surface area contributed by atoms with Crippen molar-refractivity contribution < 1.29 is 19.4 Å². The summed E-state index contributed by atoms with van der Waals surface area (Å²) in [6.07, 6.45) is 2.08. The van der Waals surface area contributed by atoms with Crippen LogP contribution >= 0.6 is 34.5 Å². The van der Waals surface area contributed by atoms with E-state index in [-0.39, 0.29) is 0 Å². The zero-order chi connectivity index (χ0) is 24.6. The van der Waals surface area contributed by atoms with Crippen LogP contribution in [0, 0.1) is 0 Å². The Morgan fingerprint density at radius 2 is 1.71 bits per heavy atom. The van der Waals surface area contributed by atoms with Crippen molar-refractivity contribution in [2.75, 3.05) is 5.32 Å². The van der Waals surface area contributed by atoms with Crippen LogP contribution in [0.25, 0.3) is 21.6 Å². The van der Waals surface area contributed by atoms with Gasteiger partial charge in [0.2, 0.25) is 0 Å². The Hall–Kier alpha value is -3.20. The van der Waals surface area contributed by atoms with Gasteiger partial charge in [0.15, 0.2) is 0 Å². The van der Waals surface area contributed by atoms with E-state index in [1.54, 1.807) is 19.2 Å². The van der Waals surface area contributed by atoms with Gasteiger partial charge in [0.1, 0.15) is 6.10 Å². The number of thiophene rings is 1. The number of anilines is 1. The first-order chi connectivity index (χ1) is 16.9. The van der Waals surface area contributed by atoms with E-state index in [4.69, 9.17) is 16.3 Å². The number of amides is 1. The maximum atomic E-state index is 12.5. The fourth-order valence-electron chi connectivity index (χ4n) is 4.00. The standard InChI is InChI=1S/C26H21ClN2O4S2/c1-15(19-13-28-34-14-19)33-25(32)29-21-12-22(27)35-23(21)18-4-2-16(3-5-18)17-6-8-20(9-7-17)26(10-11-26)24(30)31/h2-9,12-15H,10-11H2,1H3,(H,29,32)(H,30,31). The van der Waals surface area contributed by atoms with Crippen molar-refractivity contribution in [2.45, 2.75) is 31.3 Å². The Kier molecular flexibility index (Phi) is 6.35. The molecule has 1 unspecified atom stereocenters. The first-order valence-corrected chi connectivity index (χ1v) is 13.0. The van der Waals surface area contributed by atoms with Crippen molar-refractivity contribution in [1.82, 2.24) is 4.37 Å². The van der Waals surface area contributed by atoms with Crippen LogP contribution in [0.15, 0.2) is 66.2 Å². The predicted octanol–water partition coefficient (Wildman–Crippen LogP) is 7.62. The fraction of sp³-hybridized carbons (Fsp3) is 0.192. The Balaban J connectivity index is 1.31. The molecule has 1 amide bonds. The zero-order valence-electron chi connectivity index (χ0n) is 18.7. The molecule has 2 aromatic heterocycles. The lowest BCUT2D eigenvalue weighted by Gasteiger charge is -2.13. The highest BCUT2D eigenvalue weighted by Crippen LogP contribution is 2.48. The Morgan fingerprint density at radius 3 is 2.29 bits per heavy atom. The number of aromatic nitrogens is 1. The highest BCUT2D eigenvalue weighted by atomic mass is 35.5. The van der Waals surface area contributed by atoms with Crippen LogP contribution in [0.1, 0.15) is 37.0 Å². The SMILES string of the molecule is CC(OC(=O)Nc1cc(Cl)sc1-c1ccc(-c2ccc(C3(C(=O)O)CC3)cc2)cc1)c1cnsc1. The van der Waals surface area contributed by atoms with Gasteiger partial charge in [-0.15, -0.1) is 11.3 Å². The van der Waals surface area contributed by atoms with E-state index in [9.17, 15) is 14.7 Å². The van der Waals surface area contributed by atoms with E-state index >= 15 is 0 Å². The molecule has 0 radical (unpaired) electrons. The van der Waals surface area contributed by atoms with Gasteiger partial charge in [-0.25, -0.2) is 9.17 Å². The van der Waals surface area contributed by atoms with Gasteiger partial charge in [0.25, 0.3) is 0 Å². The number of rotatable bonds is 7. The number of carboxylic acids is 1. The molecule has 0 spiro atoms. The summed E-state index contributed by atoms with van der Waals surface area (Å²) in [7, 11) is 0. The van der Waals surface area contributed by atoms with Gasteiger partial charge in [-0.2, -0.15) is 0 Å². The van der Waals surface area contributed by atoms with Crippen LogP contribution < -0.4 is 5.32 Å². The molecule has 35 heavy (non-hydrogen) atoms. The molecular weight excluding hydrogens is 504 g/mol. The minimum Gasteiger partial charge on any atom is -0.481 e. The number of carboxylic acid groups (broad SMARTS) is 1. The third-order valence-electron chi connectivity index (χ3n) is 6.22. The molecule has 1 aliphatic rings. The van der Waals surface area contributed by atoms with E-state index in [0.29, 0.717) is 22.9 Å².